The predicted octanol–water partition coefficient (Wildman–Crippen LogP) is -0.388. The second-order valence-corrected chi connectivity index (χ2v) is 0. The third-order valence-electron chi connectivity index (χ3n) is 0. The monoisotopic (exact) mass is 468 g/mol. The first kappa shape index (κ1) is 43.0. The molecule has 6 radical (unpaired) electrons. The Bertz CT molecular complexity index is 11.6. The molecule has 0 N–H and O–H groups in total. The van der Waals surface area contributed by atoms with E-state index in [-0.39, 0.29) is 102 Å². The average Bonchev–Trinajstić information content (AvgIpc) is 0. The molecule has 0 amide bonds. The molecule has 0 fully saturated rings. The van der Waals surface area contributed by atoms with Crippen molar-refractivity contribution in [1.29, 1.82) is 0 Å². The van der Waals surface area contributed by atoms with Crippen molar-refractivity contribution >= 4 is 8.41 Å². The van der Waals surface area contributed by atoms with Crippen LogP contribution in [0.3, 0.4) is 0 Å². The summed E-state index contributed by atoms with van der Waals surface area (Å²) in [6.07, 6.45) is 0. The van der Waals surface area contributed by atoms with Crippen molar-refractivity contribution in [3.8, 4) is 0 Å². The first-order chi connectivity index (χ1) is 0. The molecule has 0 aliphatic rings. The van der Waals surface area contributed by atoms with Gasteiger partial charge >= 0.3 is 0 Å². The maximum atomic E-state index is 0. The van der Waals surface area contributed by atoms with Gasteiger partial charge < -0.3 is 0 Å². The van der Waals surface area contributed by atoms with E-state index >= 15 is 0 Å². The minimum absolute atomic E-state index is 0. The number of hydrogen-bond acceptors (Lipinski definition) is 0. The molecule has 0 nitrogen and oxygen atoms in total. The van der Waals surface area contributed by atoms with E-state index in [1.165, 1.54) is 0 Å². The molecule has 0 rings (SSSR count). The number of hydrogen-bond donors (Lipinski definition) is 0. The van der Waals surface area contributed by atoms with E-state index in [4.69, 9.17) is 0 Å². The fourth-order valence-corrected chi connectivity index (χ4v) is 0. The van der Waals surface area contributed by atoms with Crippen molar-refractivity contribution in [2.24, 2.45) is 0 Å². The van der Waals surface area contributed by atoms with Crippen LogP contribution in [0.25, 0.3) is 0 Å². The van der Waals surface area contributed by atoms with Crippen LogP contribution >= 0.6 is 0 Å². The van der Waals surface area contributed by atoms with Gasteiger partial charge in [-0.15, -0.1) is 0 Å². The second-order valence-electron chi connectivity index (χ2n) is 0. The van der Waals surface area contributed by atoms with Gasteiger partial charge in [0, 0.05) is 102 Å². The van der Waals surface area contributed by atoms with Gasteiger partial charge in [0.05, 0.1) is 0 Å². The third kappa shape index (κ3) is 19.3. The smallest absolute Gasteiger partial charge is 0 e. The molecule has 0 unspecified atom stereocenters. The molecule has 0 aliphatic heterocycles. The van der Waals surface area contributed by atoms with Gasteiger partial charge in [0.15, 0.2) is 0 Å². The zero-order chi connectivity index (χ0) is 0. The predicted molar refractivity (Wildman–Crippen MR) is 5.75 cm³/mol. The summed E-state index contributed by atoms with van der Waals surface area (Å²) < 4.78 is 0. The van der Waals surface area contributed by atoms with E-state index in [1.54, 1.807) is 0 Å². The first-order valence-corrected chi connectivity index (χ1v) is 0. The molecule has 5 heteroatoms. The molecule has 0 saturated heterocycles. The minimum atomic E-state index is 0. The molecule has 0 aromatic carbocycles. The van der Waals surface area contributed by atoms with Crippen LogP contribution in [0.2, 0.25) is 0 Å². The van der Waals surface area contributed by atoms with Crippen molar-refractivity contribution in [3.63, 3.8) is 0 Å². The Hall–Kier alpha value is 3.05. The van der Waals surface area contributed by atoms with Crippen molar-refractivity contribution in [1.82, 2.24) is 0 Å². The fraction of sp³-hybridized carbons (Fsp3) is 0. The van der Waals surface area contributed by atoms with E-state index in [9.17, 15) is 0 Å². The van der Waals surface area contributed by atoms with Crippen molar-refractivity contribution in [2.45, 2.75) is 0 Å². The summed E-state index contributed by atoms with van der Waals surface area (Å²) >= 11 is 0. The van der Waals surface area contributed by atoms with Gasteiger partial charge in [-0.1, -0.05) is 0 Å². The second kappa shape index (κ2) is 27.7. The van der Waals surface area contributed by atoms with Gasteiger partial charge in [-0.2, -0.15) is 0 Å². The molecule has 0 atom stereocenters. The van der Waals surface area contributed by atoms with E-state index in [0.717, 1.165) is 0 Å². The Morgan fingerprint density at radius 3 is 1.00 bits per heavy atom. The van der Waals surface area contributed by atoms with Crippen LogP contribution in [0, 0.1) is 38.6 Å². The molecular weight excluding hydrogens is 467 g/mol. The third-order valence-corrected chi connectivity index (χ3v) is 0. The van der Waals surface area contributed by atoms with Crippen LogP contribution in [0.1, 0.15) is 0 Å². The van der Waals surface area contributed by atoms with Gasteiger partial charge in [-0.05, 0) is 0 Å². The maximum Gasteiger partial charge on any atom is 0 e. The van der Waals surface area contributed by atoms with Gasteiger partial charge in [0.1, 0.15) is 0 Å². The Balaban J connectivity index is 0. The van der Waals surface area contributed by atoms with E-state index in [2.05, 4.69) is 0 Å². The van der Waals surface area contributed by atoms with Gasteiger partial charge in [-0.25, -0.2) is 0 Å². The van der Waals surface area contributed by atoms with E-state index in [1.807, 2.05) is 0 Å². The minimum Gasteiger partial charge on any atom is 0 e. The van der Waals surface area contributed by atoms with Gasteiger partial charge in [-0.3, -0.25) is 0 Å². The summed E-state index contributed by atoms with van der Waals surface area (Å²) in [4.78, 5) is 0. The Kier molecular flexibility index (Phi) is 238. The Morgan fingerprint density at radius 2 is 1.00 bits per heavy atom. The van der Waals surface area contributed by atoms with Crippen molar-refractivity contribution < 1.29 is 93.2 Å². The topological polar surface area (TPSA) is 0 Å². The summed E-state index contributed by atoms with van der Waals surface area (Å²) in [6.45, 7) is 0. The van der Waals surface area contributed by atoms with E-state index < -0.39 is 0 Å². The molecule has 5 heavy (non-hydrogen) atoms. The van der Waals surface area contributed by atoms with Crippen LogP contribution in [0.4, 0.5) is 0 Å². The molecule has 0 spiro atoms. The average molecular weight is 467 g/mol. The summed E-state index contributed by atoms with van der Waals surface area (Å²) in [5.74, 6) is 0. The first-order valence-electron chi connectivity index (χ1n) is 0. The summed E-state index contributed by atoms with van der Waals surface area (Å²) in [5.41, 5.74) is 0. The molecule has 34 valence electrons. The largest absolute Gasteiger partial charge is 0 e. The zero-order valence-electron chi connectivity index (χ0n) is 2.03. The summed E-state index contributed by atoms with van der Waals surface area (Å²) in [7, 11) is 0. The van der Waals surface area contributed by atoms with Crippen LogP contribution in [0.15, 0.2) is 0 Å². The molecular formula is BCoCrReTb. The molecule has 0 heterocycles. The normalized spacial score (nSPS) is 0. The van der Waals surface area contributed by atoms with Crippen LogP contribution in [-0.2, 0) is 54.6 Å². The van der Waals surface area contributed by atoms with Crippen molar-refractivity contribution in [3.05, 3.63) is 0 Å². The maximum absolute atomic E-state index is 0. The molecule has 0 aliphatic carbocycles. The van der Waals surface area contributed by atoms with Gasteiger partial charge in [0.25, 0.3) is 0 Å². The molecule has 0 bridgehead atoms. The van der Waals surface area contributed by atoms with E-state index in [0.29, 0.717) is 0 Å². The van der Waals surface area contributed by atoms with Crippen molar-refractivity contribution in [2.75, 3.05) is 0 Å². The van der Waals surface area contributed by atoms with Gasteiger partial charge in [0.2, 0.25) is 0 Å². The Labute approximate surface area is 99.6 Å². The number of rotatable bonds is 0. The molecule has 0 aromatic rings. The fourth-order valence-electron chi connectivity index (χ4n) is 0. The zero-order valence-corrected chi connectivity index (χ0v) is 9.20. The summed E-state index contributed by atoms with van der Waals surface area (Å²) in [6, 6.07) is 0. The summed E-state index contributed by atoms with van der Waals surface area (Å²) in [5, 5.41) is 0. The standard InChI is InChI=1S/B.Co.Cr.Re.Tb. The molecule has 0 saturated carbocycles. The van der Waals surface area contributed by atoms with Crippen LogP contribution in [-0.4, -0.2) is 8.41 Å². The SMILES string of the molecule is [B].[Co].[Cr].[Re].[Tb]. The molecule has 0 aromatic heterocycles. The Morgan fingerprint density at radius 1 is 1.00 bits per heavy atom. The quantitative estimate of drug-likeness (QED) is 0.427. The van der Waals surface area contributed by atoms with Crippen LogP contribution in [0.5, 0.6) is 0 Å². The van der Waals surface area contributed by atoms with Crippen LogP contribution < -0.4 is 0 Å².